The van der Waals surface area contributed by atoms with Gasteiger partial charge in [-0.1, -0.05) is 0 Å². The summed E-state index contributed by atoms with van der Waals surface area (Å²) in [5.74, 6) is 0. The summed E-state index contributed by atoms with van der Waals surface area (Å²) in [4.78, 5) is 15.6. The van der Waals surface area contributed by atoms with Crippen LogP contribution >= 0.6 is 11.3 Å². The summed E-state index contributed by atoms with van der Waals surface area (Å²) < 4.78 is 37.1. The summed E-state index contributed by atoms with van der Waals surface area (Å²) in [7, 11) is 0. The van der Waals surface area contributed by atoms with Crippen LogP contribution in [0.2, 0.25) is 0 Å². The number of carboxylic acid groups (broad SMARTS) is 1. The number of hydrogen-bond donors (Lipinski definition) is 2. The monoisotopic (exact) mass is 281 g/mol. The van der Waals surface area contributed by atoms with E-state index in [1.807, 2.05) is 0 Å². The lowest BCUT2D eigenvalue weighted by atomic mass is 10.3. The maximum Gasteiger partial charge on any atom is 0.434 e. The number of amides is 1. The summed E-state index contributed by atoms with van der Waals surface area (Å²) in [5.41, 5.74) is -0.905. The first kappa shape index (κ1) is 12.9. The Morgan fingerprint density at radius 2 is 2.33 bits per heavy atom. The maximum absolute atomic E-state index is 12.4. The van der Waals surface area contributed by atoms with Gasteiger partial charge < -0.3 is 15.3 Å². The van der Waals surface area contributed by atoms with Gasteiger partial charge in [0, 0.05) is 18.5 Å². The van der Waals surface area contributed by atoms with Crippen LogP contribution in [0.1, 0.15) is 12.1 Å². The highest BCUT2D eigenvalue weighted by atomic mass is 32.1. The Kier molecular flexibility index (Phi) is 3.33. The van der Waals surface area contributed by atoms with E-state index in [2.05, 4.69) is 10.3 Å². The largest absolute Gasteiger partial charge is 0.465 e. The third-order valence-corrected chi connectivity index (χ3v) is 3.47. The van der Waals surface area contributed by atoms with Gasteiger partial charge in [-0.25, -0.2) is 9.78 Å². The molecule has 1 aromatic rings. The molecular weight excluding hydrogens is 271 g/mol. The van der Waals surface area contributed by atoms with Gasteiger partial charge in [-0.2, -0.15) is 13.2 Å². The van der Waals surface area contributed by atoms with E-state index < -0.39 is 18.0 Å². The third-order valence-electron chi connectivity index (χ3n) is 2.57. The Labute approximate surface area is 104 Å². The van der Waals surface area contributed by atoms with Crippen molar-refractivity contribution < 1.29 is 23.1 Å². The van der Waals surface area contributed by atoms with Gasteiger partial charge in [-0.15, -0.1) is 11.3 Å². The molecule has 18 heavy (non-hydrogen) atoms. The highest BCUT2D eigenvalue weighted by molar-refractivity contribution is 7.13. The zero-order chi connectivity index (χ0) is 13.3. The zero-order valence-corrected chi connectivity index (χ0v) is 9.88. The number of carbonyl (C=O) groups is 1. The molecule has 1 fully saturated rings. The van der Waals surface area contributed by atoms with Crippen LogP contribution in [-0.4, -0.2) is 35.3 Å². The average molecular weight is 281 g/mol. The second-order valence-corrected chi connectivity index (χ2v) is 4.73. The molecule has 2 heterocycles. The molecule has 1 saturated heterocycles. The van der Waals surface area contributed by atoms with Gasteiger partial charge in [0.15, 0.2) is 10.8 Å². The fourth-order valence-corrected chi connectivity index (χ4v) is 2.64. The van der Waals surface area contributed by atoms with Crippen molar-refractivity contribution in [1.29, 1.82) is 0 Å². The number of rotatable bonds is 2. The van der Waals surface area contributed by atoms with E-state index >= 15 is 0 Å². The number of halogens is 3. The van der Waals surface area contributed by atoms with E-state index in [9.17, 15) is 18.0 Å². The molecule has 0 aliphatic carbocycles. The summed E-state index contributed by atoms with van der Waals surface area (Å²) in [6.07, 6.45) is -5.00. The van der Waals surface area contributed by atoms with Gasteiger partial charge in [0.05, 0.1) is 6.04 Å². The first-order valence-electron chi connectivity index (χ1n) is 5.13. The molecule has 1 amide bonds. The number of nitrogens with one attached hydrogen (secondary N) is 1. The number of anilines is 1. The third kappa shape index (κ3) is 2.84. The molecule has 0 radical (unpaired) electrons. The molecule has 1 aliphatic rings. The number of nitrogens with zero attached hydrogens (tertiary/aromatic N) is 2. The molecule has 5 nitrogen and oxygen atoms in total. The van der Waals surface area contributed by atoms with Crippen molar-refractivity contribution in [3.05, 3.63) is 11.1 Å². The fraction of sp³-hybridized carbons (Fsp3) is 0.556. The lowest BCUT2D eigenvalue weighted by Gasteiger charge is -2.14. The summed E-state index contributed by atoms with van der Waals surface area (Å²) in [5, 5.41) is 12.1. The SMILES string of the molecule is O=C(O)N[C@@H]1CCN(c2nc(C(F)(F)F)cs2)C1. The second kappa shape index (κ2) is 4.63. The lowest BCUT2D eigenvalue weighted by molar-refractivity contribution is -0.140. The Morgan fingerprint density at radius 1 is 1.61 bits per heavy atom. The molecule has 1 aliphatic heterocycles. The van der Waals surface area contributed by atoms with Crippen molar-refractivity contribution in [3.8, 4) is 0 Å². The smallest absolute Gasteiger partial charge is 0.434 e. The normalized spacial score (nSPS) is 20.2. The van der Waals surface area contributed by atoms with Gasteiger partial charge in [-0.3, -0.25) is 0 Å². The van der Waals surface area contributed by atoms with Crippen LogP contribution in [0.25, 0.3) is 0 Å². The number of hydrogen-bond acceptors (Lipinski definition) is 4. The molecule has 2 rings (SSSR count). The lowest BCUT2D eigenvalue weighted by Crippen LogP contribution is -2.36. The molecular formula is C9H10F3N3O2S. The Hall–Kier alpha value is -1.51. The average Bonchev–Trinajstić information content (AvgIpc) is 2.81. The van der Waals surface area contributed by atoms with Crippen molar-refractivity contribution >= 4 is 22.6 Å². The van der Waals surface area contributed by atoms with Crippen LogP contribution in [0.4, 0.5) is 23.1 Å². The number of aromatic nitrogens is 1. The highest BCUT2D eigenvalue weighted by Crippen LogP contribution is 2.33. The van der Waals surface area contributed by atoms with Gasteiger partial charge in [0.25, 0.3) is 0 Å². The fourth-order valence-electron chi connectivity index (χ4n) is 1.77. The molecule has 0 bridgehead atoms. The van der Waals surface area contributed by atoms with Crippen molar-refractivity contribution in [1.82, 2.24) is 10.3 Å². The summed E-state index contributed by atoms with van der Waals surface area (Å²) >= 11 is 0.914. The van der Waals surface area contributed by atoms with Crippen molar-refractivity contribution in [3.63, 3.8) is 0 Å². The van der Waals surface area contributed by atoms with E-state index in [0.29, 0.717) is 19.5 Å². The minimum Gasteiger partial charge on any atom is -0.465 e. The Balaban J connectivity index is 2.01. The van der Waals surface area contributed by atoms with Crippen LogP contribution in [-0.2, 0) is 6.18 Å². The van der Waals surface area contributed by atoms with E-state index in [1.54, 1.807) is 4.90 Å². The molecule has 0 unspecified atom stereocenters. The standard InChI is InChI=1S/C9H10F3N3O2S/c10-9(11,12)6-4-18-7(14-6)15-2-1-5(3-15)13-8(16)17/h4-5,13H,1-3H2,(H,16,17)/t5-/m1/s1. The number of alkyl halides is 3. The number of thiazole rings is 1. The predicted octanol–water partition coefficient (Wildman–Crippen LogP) is 2.01. The first-order chi connectivity index (χ1) is 8.36. The summed E-state index contributed by atoms with van der Waals surface area (Å²) in [6, 6.07) is -0.263. The zero-order valence-electron chi connectivity index (χ0n) is 9.07. The van der Waals surface area contributed by atoms with Gasteiger partial charge in [0.1, 0.15) is 0 Å². The molecule has 1 atom stereocenters. The topological polar surface area (TPSA) is 65.5 Å². The Bertz CT molecular complexity index is 449. The van der Waals surface area contributed by atoms with Crippen LogP contribution in [0.15, 0.2) is 5.38 Å². The molecule has 1 aromatic heterocycles. The van der Waals surface area contributed by atoms with Gasteiger partial charge in [-0.05, 0) is 6.42 Å². The van der Waals surface area contributed by atoms with Crippen molar-refractivity contribution in [2.24, 2.45) is 0 Å². The summed E-state index contributed by atoms with van der Waals surface area (Å²) in [6.45, 7) is 0.840. The molecule has 0 saturated carbocycles. The molecule has 100 valence electrons. The van der Waals surface area contributed by atoms with Gasteiger partial charge >= 0.3 is 12.3 Å². The molecule has 0 spiro atoms. The van der Waals surface area contributed by atoms with Crippen LogP contribution in [0, 0.1) is 0 Å². The van der Waals surface area contributed by atoms with Crippen LogP contribution in [0.3, 0.4) is 0 Å². The molecule has 0 aromatic carbocycles. The molecule has 9 heteroatoms. The van der Waals surface area contributed by atoms with Crippen molar-refractivity contribution in [2.75, 3.05) is 18.0 Å². The second-order valence-electron chi connectivity index (χ2n) is 3.89. The van der Waals surface area contributed by atoms with E-state index in [4.69, 9.17) is 5.11 Å². The highest BCUT2D eigenvalue weighted by Gasteiger charge is 2.35. The quantitative estimate of drug-likeness (QED) is 0.870. The van der Waals surface area contributed by atoms with Crippen LogP contribution in [0.5, 0.6) is 0 Å². The van der Waals surface area contributed by atoms with Gasteiger partial charge in [0.2, 0.25) is 0 Å². The Morgan fingerprint density at radius 3 is 2.89 bits per heavy atom. The van der Waals surface area contributed by atoms with Crippen molar-refractivity contribution in [2.45, 2.75) is 18.6 Å². The minimum absolute atomic E-state index is 0.263. The van der Waals surface area contributed by atoms with E-state index in [0.717, 1.165) is 16.7 Å². The van der Waals surface area contributed by atoms with Crippen LogP contribution < -0.4 is 10.2 Å². The van der Waals surface area contributed by atoms with E-state index in [-0.39, 0.29) is 11.2 Å². The first-order valence-corrected chi connectivity index (χ1v) is 6.01. The molecule has 2 N–H and O–H groups in total. The maximum atomic E-state index is 12.4. The van der Waals surface area contributed by atoms with E-state index in [1.165, 1.54) is 0 Å². The predicted molar refractivity (Wildman–Crippen MR) is 58.9 cm³/mol. The minimum atomic E-state index is -4.44.